The molecule has 0 aromatic rings. The normalized spacial score (nSPS) is 17.6. The van der Waals surface area contributed by atoms with E-state index in [9.17, 15) is 0 Å². The molecule has 0 bridgehead atoms. The molecule has 0 amide bonds. The van der Waals surface area contributed by atoms with Crippen molar-refractivity contribution in [2.75, 3.05) is 0 Å². The molecule has 0 rings (SSSR count). The topological polar surface area (TPSA) is 0 Å². The quantitative estimate of drug-likeness (QED) is 0.533. The van der Waals surface area contributed by atoms with Gasteiger partial charge in [0.25, 0.3) is 0 Å². The minimum absolute atomic E-state index is 0.778. The van der Waals surface area contributed by atoms with Gasteiger partial charge in [0.05, 0.1) is 0 Å². The number of rotatable bonds is 5. The smallest absolute Gasteiger partial charge is 0.0206 e. The van der Waals surface area contributed by atoms with Gasteiger partial charge >= 0.3 is 0 Å². The molecule has 0 saturated carbocycles. The second-order valence-electron chi connectivity index (χ2n) is 3.77. The lowest BCUT2D eigenvalue weighted by molar-refractivity contribution is 0.400. The van der Waals surface area contributed by atoms with Gasteiger partial charge in [-0.25, -0.2) is 0 Å². The average molecular weight is 168 g/mol. The van der Waals surface area contributed by atoms with Gasteiger partial charge in [-0.1, -0.05) is 52.2 Å². The van der Waals surface area contributed by atoms with Crippen molar-refractivity contribution in [1.82, 2.24) is 0 Å². The van der Waals surface area contributed by atoms with E-state index in [4.69, 9.17) is 0 Å². The first-order valence-corrected chi connectivity index (χ1v) is 5.32. The zero-order valence-corrected chi connectivity index (χ0v) is 9.35. The molecule has 2 atom stereocenters. The van der Waals surface area contributed by atoms with E-state index in [2.05, 4.69) is 40.7 Å². The first kappa shape index (κ1) is 11.7. The van der Waals surface area contributed by atoms with Crippen LogP contribution < -0.4 is 0 Å². The summed E-state index contributed by atoms with van der Waals surface area (Å²) in [6.45, 7) is 11.4. The third-order valence-electron chi connectivity index (χ3n) is 2.96. The van der Waals surface area contributed by atoms with E-state index in [0.29, 0.717) is 0 Å². The van der Waals surface area contributed by atoms with Gasteiger partial charge in [-0.05, 0) is 25.2 Å². The van der Waals surface area contributed by atoms with Crippen molar-refractivity contribution in [3.05, 3.63) is 11.6 Å². The highest BCUT2D eigenvalue weighted by Crippen LogP contribution is 2.25. The molecule has 0 N–H and O–H groups in total. The molecule has 12 heavy (non-hydrogen) atoms. The van der Waals surface area contributed by atoms with Crippen molar-refractivity contribution in [2.45, 2.75) is 53.9 Å². The molecule has 0 aliphatic carbocycles. The van der Waals surface area contributed by atoms with Crippen LogP contribution in [0, 0.1) is 11.8 Å². The molecule has 0 fully saturated rings. The van der Waals surface area contributed by atoms with E-state index in [1.165, 1.54) is 19.3 Å². The Morgan fingerprint density at radius 3 is 2.17 bits per heavy atom. The first-order valence-electron chi connectivity index (χ1n) is 5.32. The van der Waals surface area contributed by atoms with Gasteiger partial charge in [0, 0.05) is 0 Å². The highest BCUT2D eigenvalue weighted by Gasteiger charge is 2.13. The van der Waals surface area contributed by atoms with Crippen LogP contribution >= 0.6 is 0 Å². The van der Waals surface area contributed by atoms with Crippen molar-refractivity contribution in [1.29, 1.82) is 0 Å². The van der Waals surface area contributed by atoms with Gasteiger partial charge in [-0.3, -0.25) is 0 Å². The molecule has 0 saturated heterocycles. The fourth-order valence-corrected chi connectivity index (χ4v) is 1.86. The van der Waals surface area contributed by atoms with Crippen LogP contribution in [0.3, 0.4) is 0 Å². The van der Waals surface area contributed by atoms with Gasteiger partial charge in [-0.2, -0.15) is 0 Å². The van der Waals surface area contributed by atoms with E-state index in [0.717, 1.165) is 11.8 Å². The maximum atomic E-state index is 2.37. The van der Waals surface area contributed by atoms with E-state index in [1.54, 1.807) is 5.57 Å². The minimum atomic E-state index is 0.778. The molecule has 2 unspecified atom stereocenters. The molecular formula is C12H24. The summed E-state index contributed by atoms with van der Waals surface area (Å²) in [6.07, 6.45) is 6.17. The van der Waals surface area contributed by atoms with E-state index in [-0.39, 0.29) is 0 Å². The molecule has 0 spiro atoms. The number of hydrogen-bond donors (Lipinski definition) is 0. The Hall–Kier alpha value is -0.260. The summed E-state index contributed by atoms with van der Waals surface area (Å²) >= 11 is 0. The van der Waals surface area contributed by atoms with E-state index < -0.39 is 0 Å². The summed E-state index contributed by atoms with van der Waals surface area (Å²) in [4.78, 5) is 0. The van der Waals surface area contributed by atoms with Crippen LogP contribution in [0.2, 0.25) is 0 Å². The van der Waals surface area contributed by atoms with Crippen LogP contribution in [0.5, 0.6) is 0 Å². The highest BCUT2D eigenvalue weighted by molar-refractivity contribution is 5.04. The van der Waals surface area contributed by atoms with Gasteiger partial charge in [0.15, 0.2) is 0 Å². The second-order valence-corrected chi connectivity index (χ2v) is 3.77. The fraction of sp³-hybridized carbons (Fsp3) is 0.833. The molecule has 0 heteroatoms. The zero-order valence-electron chi connectivity index (χ0n) is 9.35. The largest absolute Gasteiger partial charge is 0.0882 e. The Bertz CT molecular complexity index is 133. The maximum Gasteiger partial charge on any atom is -0.0206 e. The molecule has 0 aliphatic heterocycles. The second kappa shape index (κ2) is 6.28. The van der Waals surface area contributed by atoms with Gasteiger partial charge < -0.3 is 0 Å². The number of hydrogen-bond acceptors (Lipinski definition) is 0. The summed E-state index contributed by atoms with van der Waals surface area (Å²) in [5, 5.41) is 0. The molecular weight excluding hydrogens is 144 g/mol. The van der Waals surface area contributed by atoms with Crippen molar-refractivity contribution in [3.8, 4) is 0 Å². The summed E-state index contributed by atoms with van der Waals surface area (Å²) in [5.41, 5.74) is 1.62. The van der Waals surface area contributed by atoms with Crippen LogP contribution in [0.25, 0.3) is 0 Å². The SMILES string of the molecule is CC=C(CC)C(C)C(C)CCC. The van der Waals surface area contributed by atoms with Crippen LogP contribution in [0.1, 0.15) is 53.9 Å². The highest BCUT2D eigenvalue weighted by atomic mass is 14.2. The molecule has 0 aliphatic rings. The number of allylic oxidation sites excluding steroid dienone is 2. The summed E-state index contributed by atoms with van der Waals surface area (Å²) in [7, 11) is 0. The predicted octanol–water partition coefficient (Wildman–Crippen LogP) is 4.42. The Balaban J connectivity index is 4.06. The van der Waals surface area contributed by atoms with Gasteiger partial charge in [0.1, 0.15) is 0 Å². The third kappa shape index (κ3) is 3.42. The van der Waals surface area contributed by atoms with Crippen LogP contribution in [0.4, 0.5) is 0 Å². The summed E-state index contributed by atoms with van der Waals surface area (Å²) in [6, 6.07) is 0. The van der Waals surface area contributed by atoms with Crippen molar-refractivity contribution >= 4 is 0 Å². The minimum Gasteiger partial charge on any atom is -0.0882 e. The lowest BCUT2D eigenvalue weighted by Gasteiger charge is -2.21. The van der Waals surface area contributed by atoms with E-state index >= 15 is 0 Å². The standard InChI is InChI=1S/C12H24/c1-6-9-10(4)11(5)12(7-2)8-3/h7,10-11H,6,8-9H2,1-5H3. The molecule has 0 heterocycles. The predicted molar refractivity (Wildman–Crippen MR) is 57.3 cm³/mol. The maximum absolute atomic E-state index is 2.37. The van der Waals surface area contributed by atoms with Crippen LogP contribution in [-0.2, 0) is 0 Å². The van der Waals surface area contributed by atoms with Crippen LogP contribution in [0.15, 0.2) is 11.6 Å². The Morgan fingerprint density at radius 2 is 1.83 bits per heavy atom. The molecule has 72 valence electrons. The average Bonchev–Trinajstić information content (AvgIpc) is 2.07. The molecule has 0 aromatic heterocycles. The Morgan fingerprint density at radius 1 is 1.25 bits per heavy atom. The third-order valence-corrected chi connectivity index (χ3v) is 2.96. The molecule has 0 radical (unpaired) electrons. The summed E-state index contributed by atoms with van der Waals surface area (Å²) in [5.74, 6) is 1.63. The zero-order chi connectivity index (χ0) is 9.56. The molecule has 0 nitrogen and oxygen atoms in total. The Labute approximate surface area is 78.1 Å². The summed E-state index contributed by atoms with van der Waals surface area (Å²) < 4.78 is 0. The van der Waals surface area contributed by atoms with Crippen molar-refractivity contribution in [2.24, 2.45) is 11.8 Å². The van der Waals surface area contributed by atoms with Gasteiger partial charge in [0.2, 0.25) is 0 Å². The van der Waals surface area contributed by atoms with Crippen molar-refractivity contribution in [3.63, 3.8) is 0 Å². The molecule has 0 aromatic carbocycles. The van der Waals surface area contributed by atoms with Gasteiger partial charge in [-0.15, -0.1) is 0 Å². The van der Waals surface area contributed by atoms with Crippen LogP contribution in [-0.4, -0.2) is 0 Å². The van der Waals surface area contributed by atoms with E-state index in [1.807, 2.05) is 0 Å². The Kier molecular flexibility index (Phi) is 6.14. The fourth-order valence-electron chi connectivity index (χ4n) is 1.86. The lowest BCUT2D eigenvalue weighted by atomic mass is 9.84. The van der Waals surface area contributed by atoms with Crippen molar-refractivity contribution < 1.29 is 0 Å². The monoisotopic (exact) mass is 168 g/mol. The first-order chi connectivity index (χ1) is 5.67. The lowest BCUT2D eigenvalue weighted by Crippen LogP contribution is -2.10.